The fourth-order valence-corrected chi connectivity index (χ4v) is 1.61. The number of hydrogen-bond donors (Lipinski definition) is 2. The molecule has 2 N–H and O–H groups in total. The van der Waals surface area contributed by atoms with E-state index in [1.165, 1.54) is 0 Å². The van der Waals surface area contributed by atoms with E-state index < -0.39 is 5.82 Å². The molecule has 0 saturated heterocycles. The van der Waals surface area contributed by atoms with Gasteiger partial charge in [-0.15, -0.1) is 0 Å². The second-order valence-corrected chi connectivity index (χ2v) is 4.13. The molecule has 19 heavy (non-hydrogen) atoms. The van der Waals surface area contributed by atoms with E-state index in [0.29, 0.717) is 25.6 Å². The Morgan fingerprint density at radius 2 is 2.16 bits per heavy atom. The predicted molar refractivity (Wildman–Crippen MR) is 71.6 cm³/mol. The van der Waals surface area contributed by atoms with Crippen LogP contribution in [-0.2, 0) is 6.54 Å². The molecule has 2 heterocycles. The topological polar surface area (TPSA) is 67.7 Å². The Labute approximate surface area is 111 Å². The highest BCUT2D eigenvalue weighted by atomic mass is 19.1. The molecule has 0 spiro atoms. The van der Waals surface area contributed by atoms with Gasteiger partial charge in [0.15, 0.2) is 11.6 Å². The Kier molecular flexibility index (Phi) is 4.27. The lowest BCUT2D eigenvalue weighted by Gasteiger charge is -2.08. The van der Waals surface area contributed by atoms with Crippen molar-refractivity contribution >= 4 is 11.8 Å². The molecule has 0 aliphatic heterocycles. The van der Waals surface area contributed by atoms with Crippen molar-refractivity contribution in [1.82, 2.24) is 19.7 Å². The summed E-state index contributed by atoms with van der Waals surface area (Å²) in [4.78, 5) is 7.90. The summed E-state index contributed by atoms with van der Waals surface area (Å²) in [6, 6.07) is 0. The van der Waals surface area contributed by atoms with Crippen LogP contribution < -0.4 is 10.6 Å². The van der Waals surface area contributed by atoms with Crippen molar-refractivity contribution in [3.8, 4) is 0 Å². The van der Waals surface area contributed by atoms with Crippen LogP contribution in [0.2, 0.25) is 0 Å². The monoisotopic (exact) mass is 264 g/mol. The summed E-state index contributed by atoms with van der Waals surface area (Å²) < 4.78 is 15.3. The first-order valence-corrected chi connectivity index (χ1v) is 6.18. The van der Waals surface area contributed by atoms with Crippen molar-refractivity contribution in [2.75, 3.05) is 23.7 Å². The van der Waals surface area contributed by atoms with Gasteiger partial charge in [0, 0.05) is 19.3 Å². The number of halogens is 1. The van der Waals surface area contributed by atoms with Crippen molar-refractivity contribution in [3.05, 3.63) is 30.0 Å². The van der Waals surface area contributed by atoms with Crippen LogP contribution in [0.1, 0.15) is 12.5 Å². The smallest absolute Gasteiger partial charge is 0.224 e. The fraction of sp³-hybridized carbons (Fsp3) is 0.417. The average Bonchev–Trinajstić information content (AvgIpc) is 2.79. The van der Waals surface area contributed by atoms with Gasteiger partial charge in [-0.05, 0) is 19.4 Å². The van der Waals surface area contributed by atoms with Gasteiger partial charge in [-0.25, -0.2) is 9.37 Å². The van der Waals surface area contributed by atoms with Gasteiger partial charge in [0.05, 0.1) is 18.9 Å². The molecule has 0 fully saturated rings. The van der Waals surface area contributed by atoms with E-state index in [-0.39, 0.29) is 5.82 Å². The van der Waals surface area contributed by atoms with Gasteiger partial charge < -0.3 is 10.6 Å². The molecule has 0 saturated carbocycles. The van der Waals surface area contributed by atoms with E-state index in [0.717, 1.165) is 11.8 Å². The number of nitrogens with one attached hydrogen (secondary N) is 2. The van der Waals surface area contributed by atoms with E-state index in [1.807, 2.05) is 20.0 Å². The largest absolute Gasteiger partial charge is 0.366 e. The third-order valence-corrected chi connectivity index (χ3v) is 2.47. The molecule has 7 heteroatoms. The van der Waals surface area contributed by atoms with E-state index >= 15 is 0 Å². The van der Waals surface area contributed by atoms with Crippen LogP contribution >= 0.6 is 0 Å². The maximum atomic E-state index is 13.5. The van der Waals surface area contributed by atoms with Crippen LogP contribution in [0.5, 0.6) is 0 Å². The number of aromatic nitrogens is 4. The molecule has 0 bridgehead atoms. The van der Waals surface area contributed by atoms with Crippen LogP contribution in [0.15, 0.2) is 18.6 Å². The normalized spacial score (nSPS) is 10.5. The zero-order valence-electron chi connectivity index (χ0n) is 11.0. The Bertz CT molecular complexity index is 539. The van der Waals surface area contributed by atoms with Gasteiger partial charge in [-0.2, -0.15) is 10.1 Å². The number of hydrogen-bond acceptors (Lipinski definition) is 5. The highest BCUT2D eigenvalue weighted by Gasteiger charge is 2.05. The summed E-state index contributed by atoms with van der Waals surface area (Å²) in [6.45, 7) is 5.79. The minimum absolute atomic E-state index is 0.204. The standard InChI is InChI=1S/C12H17FN6/c1-3-14-12-16-7-10(13)11(18-12)15-4-5-19-8-9(2)6-17-19/h6-8H,3-5H2,1-2H3,(H2,14,15,16,18). The Morgan fingerprint density at radius 1 is 1.32 bits per heavy atom. The molecule has 2 aromatic rings. The van der Waals surface area contributed by atoms with Crippen molar-refractivity contribution in [3.63, 3.8) is 0 Å². The van der Waals surface area contributed by atoms with Crippen molar-refractivity contribution in [2.45, 2.75) is 20.4 Å². The zero-order valence-corrected chi connectivity index (χ0v) is 11.0. The van der Waals surface area contributed by atoms with Crippen molar-refractivity contribution in [1.29, 1.82) is 0 Å². The second kappa shape index (κ2) is 6.12. The number of anilines is 2. The first-order chi connectivity index (χ1) is 9.19. The quantitative estimate of drug-likeness (QED) is 0.830. The number of nitrogens with zero attached hydrogens (tertiary/aromatic N) is 4. The van der Waals surface area contributed by atoms with Crippen LogP contribution in [0, 0.1) is 12.7 Å². The summed E-state index contributed by atoms with van der Waals surface area (Å²) in [5.41, 5.74) is 1.10. The highest BCUT2D eigenvalue weighted by Crippen LogP contribution is 2.11. The Hall–Kier alpha value is -2.18. The minimum atomic E-state index is -0.460. The lowest BCUT2D eigenvalue weighted by Crippen LogP contribution is -2.14. The van der Waals surface area contributed by atoms with E-state index in [9.17, 15) is 4.39 Å². The molecule has 0 aliphatic rings. The lowest BCUT2D eigenvalue weighted by molar-refractivity contribution is 0.607. The SMILES string of the molecule is CCNc1ncc(F)c(NCCn2cc(C)cn2)n1. The van der Waals surface area contributed by atoms with Gasteiger partial charge in [-0.1, -0.05) is 0 Å². The molecular formula is C12H17FN6. The number of aryl methyl sites for hydroxylation is 1. The third-order valence-electron chi connectivity index (χ3n) is 2.47. The molecule has 2 rings (SSSR count). The van der Waals surface area contributed by atoms with E-state index in [1.54, 1.807) is 10.9 Å². The van der Waals surface area contributed by atoms with Crippen LogP contribution in [0.3, 0.4) is 0 Å². The van der Waals surface area contributed by atoms with Gasteiger partial charge >= 0.3 is 0 Å². The van der Waals surface area contributed by atoms with Crippen molar-refractivity contribution < 1.29 is 4.39 Å². The third kappa shape index (κ3) is 3.64. The second-order valence-electron chi connectivity index (χ2n) is 4.13. The van der Waals surface area contributed by atoms with E-state index in [2.05, 4.69) is 25.7 Å². The fourth-order valence-electron chi connectivity index (χ4n) is 1.61. The zero-order chi connectivity index (χ0) is 13.7. The summed E-state index contributed by atoms with van der Waals surface area (Å²) in [6.07, 6.45) is 4.88. The maximum Gasteiger partial charge on any atom is 0.224 e. The summed E-state index contributed by atoms with van der Waals surface area (Å²) >= 11 is 0. The molecule has 0 unspecified atom stereocenters. The van der Waals surface area contributed by atoms with Gasteiger partial charge in [0.25, 0.3) is 0 Å². The van der Waals surface area contributed by atoms with Gasteiger partial charge in [-0.3, -0.25) is 4.68 Å². The molecule has 0 radical (unpaired) electrons. The summed E-state index contributed by atoms with van der Waals surface area (Å²) in [7, 11) is 0. The first-order valence-electron chi connectivity index (χ1n) is 6.18. The Balaban J connectivity index is 1.93. The summed E-state index contributed by atoms with van der Waals surface area (Å²) in [5, 5.41) is 10.0. The molecule has 0 amide bonds. The predicted octanol–water partition coefficient (Wildman–Crippen LogP) is 1.66. The molecule has 102 valence electrons. The minimum Gasteiger partial charge on any atom is -0.366 e. The molecule has 0 aromatic carbocycles. The highest BCUT2D eigenvalue weighted by molar-refractivity contribution is 5.40. The van der Waals surface area contributed by atoms with Crippen LogP contribution in [0.25, 0.3) is 0 Å². The lowest BCUT2D eigenvalue weighted by atomic mass is 10.4. The van der Waals surface area contributed by atoms with E-state index in [4.69, 9.17) is 0 Å². The molecular weight excluding hydrogens is 247 g/mol. The maximum absolute atomic E-state index is 13.5. The van der Waals surface area contributed by atoms with Crippen LogP contribution in [0.4, 0.5) is 16.2 Å². The van der Waals surface area contributed by atoms with Crippen LogP contribution in [-0.4, -0.2) is 32.8 Å². The molecule has 0 aliphatic carbocycles. The average molecular weight is 264 g/mol. The number of rotatable bonds is 6. The first kappa shape index (κ1) is 13.3. The van der Waals surface area contributed by atoms with Gasteiger partial charge in [0.2, 0.25) is 5.95 Å². The summed E-state index contributed by atoms with van der Waals surface area (Å²) in [5.74, 6) is 0.162. The van der Waals surface area contributed by atoms with Crippen molar-refractivity contribution in [2.24, 2.45) is 0 Å². The Morgan fingerprint density at radius 3 is 2.84 bits per heavy atom. The molecule has 0 atom stereocenters. The molecule has 2 aromatic heterocycles. The van der Waals surface area contributed by atoms with Gasteiger partial charge in [0.1, 0.15) is 0 Å². The molecule has 6 nitrogen and oxygen atoms in total.